The van der Waals surface area contributed by atoms with Gasteiger partial charge < -0.3 is 21.1 Å². The van der Waals surface area contributed by atoms with Crippen molar-refractivity contribution in [3.63, 3.8) is 0 Å². The van der Waals surface area contributed by atoms with Crippen molar-refractivity contribution in [2.24, 2.45) is 5.73 Å². The van der Waals surface area contributed by atoms with Gasteiger partial charge in [-0.15, -0.1) is 0 Å². The number of benzene rings is 2. The minimum Gasteiger partial charge on any atom is -0.427 e. The third-order valence-electron chi connectivity index (χ3n) is 3.80. The lowest BCUT2D eigenvalue weighted by Gasteiger charge is -2.21. The van der Waals surface area contributed by atoms with Crippen LogP contribution in [-0.2, 0) is 17.6 Å². The van der Waals surface area contributed by atoms with Gasteiger partial charge in [0, 0.05) is 12.4 Å². The number of hydrogen-bond donors (Lipinski definition) is 4. The number of nitrogens with two attached hydrogens (primary N) is 1. The summed E-state index contributed by atoms with van der Waals surface area (Å²) in [5, 5.41) is 21.4. The standard InChI is InChI=1S/C18H23BN2O3/c20-17(12-15-9-5-2-6-10-15)18(22)21-16(13-19(23)24)11-14-7-3-1-4-8-14/h1-10,16-17,23-24H,11-13,20H2,(H,21,22)/t16-,17+/m1/s1. The second kappa shape index (κ2) is 9.22. The Morgan fingerprint density at radius 3 is 1.96 bits per heavy atom. The van der Waals surface area contributed by atoms with Crippen LogP contribution in [0.1, 0.15) is 11.1 Å². The van der Waals surface area contributed by atoms with E-state index < -0.39 is 13.2 Å². The number of nitrogens with one attached hydrogen (secondary N) is 1. The SMILES string of the molecule is N[C@@H](Cc1ccccc1)C(=O)N[C@@H](CB(O)O)Cc1ccccc1. The van der Waals surface area contributed by atoms with Crippen LogP contribution in [-0.4, -0.2) is 35.2 Å². The molecule has 126 valence electrons. The Kier molecular flexibility index (Phi) is 6.99. The van der Waals surface area contributed by atoms with Crippen molar-refractivity contribution in [1.29, 1.82) is 0 Å². The minimum atomic E-state index is -1.48. The predicted molar refractivity (Wildman–Crippen MR) is 95.2 cm³/mol. The van der Waals surface area contributed by atoms with E-state index in [0.29, 0.717) is 12.8 Å². The van der Waals surface area contributed by atoms with Crippen molar-refractivity contribution in [2.45, 2.75) is 31.2 Å². The van der Waals surface area contributed by atoms with E-state index in [2.05, 4.69) is 5.32 Å². The van der Waals surface area contributed by atoms with Gasteiger partial charge in [-0.05, 0) is 24.0 Å². The second-order valence-corrected chi connectivity index (χ2v) is 5.91. The molecule has 0 radical (unpaired) electrons. The summed E-state index contributed by atoms with van der Waals surface area (Å²) < 4.78 is 0. The molecular weight excluding hydrogens is 303 g/mol. The van der Waals surface area contributed by atoms with Gasteiger partial charge in [0.15, 0.2) is 0 Å². The summed E-state index contributed by atoms with van der Waals surface area (Å²) in [6, 6.07) is 18.1. The average Bonchev–Trinajstić information content (AvgIpc) is 2.56. The maximum absolute atomic E-state index is 12.3. The summed E-state index contributed by atoms with van der Waals surface area (Å²) in [7, 11) is -1.48. The van der Waals surface area contributed by atoms with E-state index >= 15 is 0 Å². The Balaban J connectivity index is 1.95. The molecule has 0 aromatic heterocycles. The Hall–Kier alpha value is -2.15. The quantitative estimate of drug-likeness (QED) is 0.539. The van der Waals surface area contributed by atoms with Crippen molar-refractivity contribution in [3.05, 3.63) is 71.8 Å². The molecule has 2 atom stereocenters. The highest BCUT2D eigenvalue weighted by Crippen LogP contribution is 2.08. The number of carbonyl (C=O) groups is 1. The van der Waals surface area contributed by atoms with Crippen molar-refractivity contribution in [3.8, 4) is 0 Å². The first-order valence-electron chi connectivity index (χ1n) is 8.04. The maximum atomic E-state index is 12.3. The molecule has 1 amide bonds. The Bertz CT molecular complexity index is 623. The summed E-state index contributed by atoms with van der Waals surface area (Å²) in [6.07, 6.45) is 1.01. The normalized spacial score (nSPS) is 13.1. The molecule has 0 aliphatic rings. The van der Waals surface area contributed by atoms with E-state index in [9.17, 15) is 14.8 Å². The molecule has 24 heavy (non-hydrogen) atoms. The molecule has 0 saturated heterocycles. The van der Waals surface area contributed by atoms with Crippen LogP contribution in [0.2, 0.25) is 6.32 Å². The van der Waals surface area contributed by atoms with Gasteiger partial charge in [0.1, 0.15) is 0 Å². The van der Waals surface area contributed by atoms with Gasteiger partial charge in [-0.1, -0.05) is 60.7 Å². The second-order valence-electron chi connectivity index (χ2n) is 5.91. The third kappa shape index (κ3) is 6.16. The number of hydrogen-bond acceptors (Lipinski definition) is 4. The molecule has 0 heterocycles. The molecule has 5 nitrogen and oxygen atoms in total. The first-order valence-corrected chi connectivity index (χ1v) is 8.04. The zero-order valence-electron chi connectivity index (χ0n) is 13.5. The van der Waals surface area contributed by atoms with E-state index in [1.54, 1.807) is 0 Å². The van der Waals surface area contributed by atoms with Gasteiger partial charge in [0.25, 0.3) is 0 Å². The monoisotopic (exact) mass is 326 g/mol. The highest BCUT2D eigenvalue weighted by atomic mass is 16.4. The number of amides is 1. The fourth-order valence-corrected chi connectivity index (χ4v) is 2.62. The van der Waals surface area contributed by atoms with Crippen LogP contribution >= 0.6 is 0 Å². The molecule has 0 spiro atoms. The molecular formula is C18H23BN2O3. The smallest absolute Gasteiger partial charge is 0.427 e. The Labute approximate surface area is 142 Å². The summed E-state index contributed by atoms with van der Waals surface area (Å²) >= 11 is 0. The zero-order chi connectivity index (χ0) is 17.4. The Morgan fingerprint density at radius 1 is 0.958 bits per heavy atom. The molecule has 2 aromatic rings. The minimum absolute atomic E-state index is 0.0543. The van der Waals surface area contributed by atoms with Crippen LogP contribution in [0.4, 0.5) is 0 Å². The molecule has 6 heteroatoms. The lowest BCUT2D eigenvalue weighted by Crippen LogP contribution is -2.48. The highest BCUT2D eigenvalue weighted by Gasteiger charge is 2.22. The first kappa shape index (κ1) is 18.2. The average molecular weight is 326 g/mol. The van der Waals surface area contributed by atoms with Crippen molar-refractivity contribution in [2.75, 3.05) is 0 Å². The molecule has 0 aliphatic heterocycles. The topological polar surface area (TPSA) is 95.6 Å². The lowest BCUT2D eigenvalue weighted by atomic mass is 9.79. The van der Waals surface area contributed by atoms with E-state index in [4.69, 9.17) is 5.73 Å². The van der Waals surface area contributed by atoms with E-state index in [0.717, 1.165) is 11.1 Å². The van der Waals surface area contributed by atoms with E-state index in [-0.39, 0.29) is 18.3 Å². The largest absolute Gasteiger partial charge is 0.453 e. The fourth-order valence-electron chi connectivity index (χ4n) is 2.62. The van der Waals surface area contributed by atoms with Gasteiger partial charge in [-0.25, -0.2) is 0 Å². The summed E-state index contributed by atoms with van der Waals surface area (Å²) in [5.74, 6) is -0.291. The molecule has 2 rings (SSSR count). The molecule has 0 saturated carbocycles. The lowest BCUT2D eigenvalue weighted by molar-refractivity contribution is -0.122. The molecule has 0 aliphatic carbocycles. The maximum Gasteiger partial charge on any atom is 0.453 e. The van der Waals surface area contributed by atoms with E-state index in [1.807, 2.05) is 60.7 Å². The third-order valence-corrected chi connectivity index (χ3v) is 3.80. The van der Waals surface area contributed by atoms with Crippen molar-refractivity contribution >= 4 is 13.0 Å². The molecule has 0 bridgehead atoms. The van der Waals surface area contributed by atoms with Gasteiger partial charge in [-0.2, -0.15) is 0 Å². The Morgan fingerprint density at radius 2 is 1.46 bits per heavy atom. The number of rotatable bonds is 8. The van der Waals surface area contributed by atoms with Crippen LogP contribution in [0.5, 0.6) is 0 Å². The van der Waals surface area contributed by atoms with Gasteiger partial charge in [-0.3, -0.25) is 4.79 Å². The molecule has 2 aromatic carbocycles. The highest BCUT2D eigenvalue weighted by molar-refractivity contribution is 6.41. The van der Waals surface area contributed by atoms with Crippen molar-refractivity contribution in [1.82, 2.24) is 5.32 Å². The van der Waals surface area contributed by atoms with Crippen molar-refractivity contribution < 1.29 is 14.8 Å². The summed E-state index contributed by atoms with van der Waals surface area (Å²) in [6.45, 7) is 0. The summed E-state index contributed by atoms with van der Waals surface area (Å²) in [5.41, 5.74) is 7.99. The van der Waals surface area contributed by atoms with Gasteiger partial charge >= 0.3 is 7.12 Å². The van der Waals surface area contributed by atoms with Crippen LogP contribution < -0.4 is 11.1 Å². The zero-order valence-corrected chi connectivity index (χ0v) is 13.5. The molecule has 0 fully saturated rings. The molecule has 0 unspecified atom stereocenters. The first-order chi connectivity index (χ1) is 11.5. The number of carbonyl (C=O) groups excluding carboxylic acids is 1. The summed E-state index contributed by atoms with van der Waals surface area (Å²) in [4.78, 5) is 12.3. The van der Waals surface area contributed by atoms with E-state index in [1.165, 1.54) is 0 Å². The van der Waals surface area contributed by atoms with Crippen LogP contribution in [0.25, 0.3) is 0 Å². The van der Waals surface area contributed by atoms with Crippen LogP contribution in [0.3, 0.4) is 0 Å². The van der Waals surface area contributed by atoms with Crippen LogP contribution in [0, 0.1) is 0 Å². The predicted octanol–water partition coefficient (Wildman–Crippen LogP) is 0.757. The van der Waals surface area contributed by atoms with Crippen LogP contribution in [0.15, 0.2) is 60.7 Å². The fraction of sp³-hybridized carbons (Fsp3) is 0.278. The molecule has 5 N–H and O–H groups in total. The van der Waals surface area contributed by atoms with Gasteiger partial charge in [0.2, 0.25) is 5.91 Å². The van der Waals surface area contributed by atoms with Gasteiger partial charge in [0.05, 0.1) is 6.04 Å².